The van der Waals surface area contributed by atoms with Crippen molar-refractivity contribution in [2.75, 3.05) is 14.2 Å². The number of ether oxygens (including phenoxy) is 2. The molecule has 1 aromatic heterocycles. The number of benzene rings is 1. The summed E-state index contributed by atoms with van der Waals surface area (Å²) in [7, 11) is 3.05. The van der Waals surface area contributed by atoms with Crippen LogP contribution in [0.2, 0.25) is 0 Å². The van der Waals surface area contributed by atoms with Crippen LogP contribution in [0.4, 0.5) is 0 Å². The number of rotatable bonds is 5. The molecule has 0 saturated heterocycles. The highest BCUT2D eigenvalue weighted by Gasteiger charge is 2.40. The first-order valence-corrected chi connectivity index (χ1v) is 10.4. The van der Waals surface area contributed by atoms with Gasteiger partial charge in [-0.05, 0) is 42.7 Å². The van der Waals surface area contributed by atoms with E-state index in [1.807, 2.05) is 0 Å². The molecule has 33 heavy (non-hydrogen) atoms. The van der Waals surface area contributed by atoms with E-state index < -0.39 is 11.8 Å². The van der Waals surface area contributed by atoms with Crippen molar-refractivity contribution in [2.45, 2.75) is 25.2 Å². The van der Waals surface area contributed by atoms with Gasteiger partial charge in [0.05, 0.1) is 31.8 Å². The minimum absolute atomic E-state index is 0.0770. The zero-order valence-electron chi connectivity index (χ0n) is 18.3. The van der Waals surface area contributed by atoms with Crippen LogP contribution in [0.1, 0.15) is 41.1 Å². The quantitative estimate of drug-likeness (QED) is 0.718. The topological polar surface area (TPSA) is 131 Å². The number of pyridine rings is 1. The number of nitriles is 1. The fourth-order valence-electron chi connectivity index (χ4n) is 4.25. The van der Waals surface area contributed by atoms with Crippen molar-refractivity contribution >= 4 is 11.7 Å². The van der Waals surface area contributed by atoms with Gasteiger partial charge in [-0.1, -0.05) is 6.07 Å². The van der Waals surface area contributed by atoms with Crippen LogP contribution in [0.3, 0.4) is 0 Å². The van der Waals surface area contributed by atoms with Gasteiger partial charge >= 0.3 is 0 Å². The highest BCUT2D eigenvalue weighted by Crippen LogP contribution is 2.45. The summed E-state index contributed by atoms with van der Waals surface area (Å²) in [4.78, 5) is 29.9. The van der Waals surface area contributed by atoms with Gasteiger partial charge in [0.1, 0.15) is 5.82 Å². The Labute approximate surface area is 191 Å². The maximum Gasteiger partial charge on any atom is 0.270 e. The van der Waals surface area contributed by atoms with E-state index in [0.717, 1.165) is 0 Å². The van der Waals surface area contributed by atoms with Crippen molar-refractivity contribution in [1.82, 2.24) is 15.4 Å². The highest BCUT2D eigenvalue weighted by molar-refractivity contribution is 6.00. The molecule has 0 bridgehead atoms. The van der Waals surface area contributed by atoms with Crippen LogP contribution in [0.25, 0.3) is 0 Å². The van der Waals surface area contributed by atoms with Crippen LogP contribution in [0.15, 0.2) is 65.4 Å². The first kappa shape index (κ1) is 21.9. The van der Waals surface area contributed by atoms with Gasteiger partial charge in [0, 0.05) is 35.6 Å². The Hall–Kier alpha value is -4.32. The number of hydrazine groups is 1. The lowest BCUT2D eigenvalue weighted by atomic mass is 9.76. The Morgan fingerprint density at radius 3 is 2.58 bits per heavy atom. The van der Waals surface area contributed by atoms with Crippen LogP contribution in [0.5, 0.6) is 11.5 Å². The van der Waals surface area contributed by atoms with Gasteiger partial charge in [-0.15, -0.1) is 0 Å². The summed E-state index contributed by atoms with van der Waals surface area (Å²) in [5.74, 6) is -0.0982. The molecule has 1 amide bonds. The molecule has 1 unspecified atom stereocenters. The molecule has 0 radical (unpaired) electrons. The average molecular weight is 445 g/mol. The van der Waals surface area contributed by atoms with Crippen LogP contribution in [-0.4, -0.2) is 35.9 Å². The molecular weight excluding hydrogens is 422 g/mol. The summed E-state index contributed by atoms with van der Waals surface area (Å²) in [6, 6.07) is 10.5. The fourth-order valence-corrected chi connectivity index (χ4v) is 4.25. The molecule has 0 spiro atoms. The third-order valence-electron chi connectivity index (χ3n) is 5.81. The number of nitrogens with two attached hydrogens (primary N) is 1. The average Bonchev–Trinajstić information content (AvgIpc) is 2.85. The molecule has 0 saturated carbocycles. The number of carbonyl (C=O) groups excluding carboxylic acids is 2. The SMILES string of the molecule is COc1ccc(C2C(C#N)=C(N)N(NC(=O)c3ccncc3)C3=C2C(=O)CCC3)cc1OC. The Kier molecular flexibility index (Phi) is 6.00. The molecule has 9 nitrogen and oxygen atoms in total. The molecule has 9 heteroatoms. The number of allylic oxidation sites excluding steroid dienone is 3. The van der Waals surface area contributed by atoms with Gasteiger partial charge < -0.3 is 15.2 Å². The number of Topliss-reactive ketones (excluding diaryl/α,β-unsaturated/α-hetero) is 1. The zero-order chi connectivity index (χ0) is 23.5. The van der Waals surface area contributed by atoms with Crippen molar-refractivity contribution in [1.29, 1.82) is 5.26 Å². The molecule has 0 fully saturated rings. The number of carbonyl (C=O) groups is 2. The normalized spacial score (nSPS) is 17.9. The highest BCUT2D eigenvalue weighted by atomic mass is 16.5. The number of ketones is 1. The largest absolute Gasteiger partial charge is 0.493 e. The standard InChI is InChI=1S/C24H23N5O4/c1-32-19-7-6-15(12-20(19)33-2)21-16(13-25)23(26)29(17-4-3-5-18(30)22(17)21)28-24(31)14-8-10-27-11-9-14/h6-12,21H,3-5,26H2,1-2H3,(H,28,31). The minimum atomic E-state index is -0.674. The molecule has 1 aliphatic carbocycles. The summed E-state index contributed by atoms with van der Waals surface area (Å²) in [6.07, 6.45) is 4.52. The molecular formula is C24H23N5O4. The smallest absolute Gasteiger partial charge is 0.270 e. The number of amides is 1. The third kappa shape index (κ3) is 3.87. The summed E-state index contributed by atoms with van der Waals surface area (Å²) < 4.78 is 10.7. The van der Waals surface area contributed by atoms with Crippen molar-refractivity contribution in [3.63, 3.8) is 0 Å². The monoisotopic (exact) mass is 445 g/mol. The Morgan fingerprint density at radius 2 is 1.91 bits per heavy atom. The minimum Gasteiger partial charge on any atom is -0.493 e. The molecule has 4 rings (SSSR count). The van der Waals surface area contributed by atoms with Crippen LogP contribution < -0.4 is 20.6 Å². The summed E-state index contributed by atoms with van der Waals surface area (Å²) in [5, 5.41) is 11.4. The van der Waals surface area contributed by atoms with E-state index in [2.05, 4.69) is 16.5 Å². The molecule has 3 N–H and O–H groups in total. The number of hydrogen-bond acceptors (Lipinski definition) is 8. The molecule has 1 aromatic carbocycles. The van der Waals surface area contributed by atoms with E-state index in [1.54, 1.807) is 30.3 Å². The van der Waals surface area contributed by atoms with Crippen LogP contribution >= 0.6 is 0 Å². The summed E-state index contributed by atoms with van der Waals surface area (Å²) >= 11 is 0. The molecule has 2 aliphatic rings. The lowest BCUT2D eigenvalue weighted by molar-refractivity contribution is -0.116. The second-order valence-corrected chi connectivity index (χ2v) is 7.61. The van der Waals surface area contributed by atoms with Crippen LogP contribution in [0, 0.1) is 11.3 Å². The molecule has 168 valence electrons. The number of methoxy groups -OCH3 is 2. The Balaban J connectivity index is 1.83. The lowest BCUT2D eigenvalue weighted by Gasteiger charge is -2.39. The molecule has 1 aliphatic heterocycles. The van der Waals surface area contributed by atoms with E-state index >= 15 is 0 Å². The number of nitrogens with zero attached hydrogens (tertiary/aromatic N) is 3. The lowest BCUT2D eigenvalue weighted by Crippen LogP contribution is -2.48. The van der Waals surface area contributed by atoms with Crippen molar-refractivity contribution in [3.05, 3.63) is 76.5 Å². The summed E-state index contributed by atoms with van der Waals surface area (Å²) in [5.41, 5.74) is 11.4. The van der Waals surface area contributed by atoms with E-state index in [1.165, 1.54) is 31.6 Å². The first-order chi connectivity index (χ1) is 16.0. The van der Waals surface area contributed by atoms with Gasteiger partial charge in [0.25, 0.3) is 5.91 Å². The molecule has 1 atom stereocenters. The maximum absolute atomic E-state index is 13.1. The predicted octanol–water partition coefficient (Wildman–Crippen LogP) is 2.54. The first-order valence-electron chi connectivity index (χ1n) is 10.4. The second kappa shape index (κ2) is 9.04. The maximum atomic E-state index is 13.1. The van der Waals surface area contributed by atoms with Gasteiger partial charge in [0.15, 0.2) is 17.3 Å². The predicted molar refractivity (Wildman–Crippen MR) is 119 cm³/mol. The molecule has 2 aromatic rings. The number of hydrogen-bond donors (Lipinski definition) is 2. The third-order valence-corrected chi connectivity index (χ3v) is 5.81. The van der Waals surface area contributed by atoms with Gasteiger partial charge in [0.2, 0.25) is 0 Å². The van der Waals surface area contributed by atoms with Crippen molar-refractivity contribution in [3.8, 4) is 17.6 Å². The van der Waals surface area contributed by atoms with Gasteiger partial charge in [-0.3, -0.25) is 20.0 Å². The Bertz CT molecular complexity index is 1210. The van der Waals surface area contributed by atoms with Crippen molar-refractivity contribution in [2.24, 2.45) is 5.73 Å². The van der Waals surface area contributed by atoms with Gasteiger partial charge in [-0.2, -0.15) is 5.26 Å². The summed E-state index contributed by atoms with van der Waals surface area (Å²) in [6.45, 7) is 0. The molecule has 2 heterocycles. The van der Waals surface area contributed by atoms with Crippen molar-refractivity contribution < 1.29 is 19.1 Å². The van der Waals surface area contributed by atoms with Crippen LogP contribution in [-0.2, 0) is 4.79 Å². The van der Waals surface area contributed by atoms with E-state index in [0.29, 0.717) is 53.2 Å². The Morgan fingerprint density at radius 1 is 1.18 bits per heavy atom. The number of aromatic nitrogens is 1. The fraction of sp³-hybridized carbons (Fsp3) is 0.250. The van der Waals surface area contributed by atoms with E-state index in [-0.39, 0.29) is 17.2 Å². The van der Waals surface area contributed by atoms with E-state index in [9.17, 15) is 14.9 Å². The van der Waals surface area contributed by atoms with Gasteiger partial charge in [-0.25, -0.2) is 5.01 Å². The second-order valence-electron chi connectivity index (χ2n) is 7.61. The zero-order valence-corrected chi connectivity index (χ0v) is 18.3. The van der Waals surface area contributed by atoms with E-state index in [4.69, 9.17) is 15.2 Å². The number of nitrogens with one attached hydrogen (secondary N) is 1.